The van der Waals surface area contributed by atoms with Gasteiger partial charge in [0.15, 0.2) is 0 Å². The van der Waals surface area contributed by atoms with Crippen LogP contribution in [0.1, 0.15) is 24.3 Å². The van der Waals surface area contributed by atoms with Crippen LogP contribution in [-0.4, -0.2) is 86.4 Å². The molecule has 3 saturated heterocycles. The predicted octanol–water partition coefficient (Wildman–Crippen LogP) is -0.239. The van der Waals surface area contributed by atoms with Crippen LogP contribution in [-0.2, 0) is 14.4 Å². The standard InChI is InChI=1S/C21H29N5O3/c27-19-6-5-18(21(29)23-19)16-1-3-17(4-2-16)25-11-13-26(14-12-25)20(28)15-24-9-7-22-8-10-24/h1-4,18,22H,5-15H2,(H,23,27,29). The molecule has 8 nitrogen and oxygen atoms in total. The Hall–Kier alpha value is -2.45. The molecule has 3 aliphatic rings. The first-order chi connectivity index (χ1) is 14.1. The molecule has 0 aromatic heterocycles. The van der Waals surface area contributed by atoms with Gasteiger partial charge in [-0.1, -0.05) is 12.1 Å². The number of piperidine rings is 1. The van der Waals surface area contributed by atoms with Crippen molar-refractivity contribution in [1.82, 2.24) is 20.4 Å². The lowest BCUT2D eigenvalue weighted by Gasteiger charge is -2.37. The molecule has 0 bridgehead atoms. The van der Waals surface area contributed by atoms with Gasteiger partial charge in [-0.2, -0.15) is 0 Å². The molecular formula is C21H29N5O3. The minimum Gasteiger partial charge on any atom is -0.368 e. The second kappa shape index (κ2) is 8.92. The van der Waals surface area contributed by atoms with Gasteiger partial charge in [-0.25, -0.2) is 0 Å². The normalized spacial score (nSPS) is 23.8. The largest absolute Gasteiger partial charge is 0.368 e. The molecule has 0 aliphatic carbocycles. The van der Waals surface area contributed by atoms with Gasteiger partial charge in [0.05, 0.1) is 12.5 Å². The first-order valence-electron chi connectivity index (χ1n) is 10.5. The highest BCUT2D eigenvalue weighted by molar-refractivity contribution is 6.00. The Labute approximate surface area is 171 Å². The number of carbonyl (C=O) groups excluding carboxylic acids is 3. The third-order valence-corrected chi connectivity index (χ3v) is 6.10. The molecule has 0 saturated carbocycles. The number of nitrogens with zero attached hydrogens (tertiary/aromatic N) is 3. The second-order valence-corrected chi connectivity index (χ2v) is 7.99. The maximum atomic E-state index is 12.6. The Kier molecular flexibility index (Phi) is 6.10. The van der Waals surface area contributed by atoms with Crippen LogP contribution >= 0.6 is 0 Å². The number of hydrogen-bond acceptors (Lipinski definition) is 6. The monoisotopic (exact) mass is 399 g/mol. The van der Waals surface area contributed by atoms with Crippen LogP contribution in [0.5, 0.6) is 0 Å². The van der Waals surface area contributed by atoms with Gasteiger partial charge in [0.1, 0.15) is 0 Å². The third-order valence-electron chi connectivity index (χ3n) is 6.10. The van der Waals surface area contributed by atoms with E-state index in [1.165, 1.54) is 0 Å². The minimum absolute atomic E-state index is 0.188. The van der Waals surface area contributed by atoms with Crippen LogP contribution in [0.15, 0.2) is 24.3 Å². The summed E-state index contributed by atoms with van der Waals surface area (Å²) in [6, 6.07) is 8.04. The average Bonchev–Trinajstić information content (AvgIpc) is 2.75. The second-order valence-electron chi connectivity index (χ2n) is 7.99. The smallest absolute Gasteiger partial charge is 0.236 e. The van der Waals surface area contributed by atoms with E-state index in [0.29, 0.717) is 19.4 Å². The quantitative estimate of drug-likeness (QED) is 0.680. The first-order valence-corrected chi connectivity index (χ1v) is 10.5. The number of rotatable bonds is 4. The van der Waals surface area contributed by atoms with Gasteiger partial charge in [0.2, 0.25) is 17.7 Å². The van der Waals surface area contributed by atoms with Crippen molar-refractivity contribution >= 4 is 23.4 Å². The van der Waals surface area contributed by atoms with Crippen LogP contribution in [0.25, 0.3) is 0 Å². The highest BCUT2D eigenvalue weighted by Gasteiger charge is 2.28. The van der Waals surface area contributed by atoms with E-state index in [-0.39, 0.29) is 23.6 Å². The van der Waals surface area contributed by atoms with E-state index in [9.17, 15) is 14.4 Å². The number of amides is 3. The van der Waals surface area contributed by atoms with Gasteiger partial charge in [-0.05, 0) is 24.1 Å². The Bertz CT molecular complexity index is 752. The molecule has 3 heterocycles. The van der Waals surface area contributed by atoms with Gasteiger partial charge < -0.3 is 15.1 Å². The number of nitrogens with one attached hydrogen (secondary N) is 2. The summed E-state index contributed by atoms with van der Waals surface area (Å²) in [4.78, 5) is 42.4. The molecule has 156 valence electrons. The van der Waals surface area contributed by atoms with E-state index >= 15 is 0 Å². The van der Waals surface area contributed by atoms with E-state index in [1.807, 2.05) is 29.2 Å². The Morgan fingerprint density at radius 3 is 2.31 bits per heavy atom. The van der Waals surface area contributed by atoms with Gasteiger partial charge in [-0.15, -0.1) is 0 Å². The molecule has 1 aromatic rings. The van der Waals surface area contributed by atoms with Crippen molar-refractivity contribution < 1.29 is 14.4 Å². The fourth-order valence-electron chi connectivity index (χ4n) is 4.30. The van der Waals surface area contributed by atoms with E-state index in [4.69, 9.17) is 0 Å². The fraction of sp³-hybridized carbons (Fsp3) is 0.571. The number of imide groups is 1. The maximum Gasteiger partial charge on any atom is 0.236 e. The van der Waals surface area contributed by atoms with Crippen molar-refractivity contribution in [3.8, 4) is 0 Å². The van der Waals surface area contributed by atoms with Gasteiger partial charge in [0.25, 0.3) is 0 Å². The molecule has 1 aromatic carbocycles. The van der Waals surface area contributed by atoms with Crippen molar-refractivity contribution in [2.75, 3.05) is 63.8 Å². The summed E-state index contributed by atoms with van der Waals surface area (Å²) in [5.74, 6) is -0.418. The lowest BCUT2D eigenvalue weighted by atomic mass is 9.90. The average molecular weight is 399 g/mol. The Morgan fingerprint density at radius 1 is 0.966 bits per heavy atom. The van der Waals surface area contributed by atoms with Gasteiger partial charge in [-0.3, -0.25) is 24.6 Å². The number of carbonyl (C=O) groups is 3. The summed E-state index contributed by atoms with van der Waals surface area (Å²) in [7, 11) is 0. The Balaban J connectivity index is 1.29. The molecule has 0 radical (unpaired) electrons. The SMILES string of the molecule is O=C1CCC(c2ccc(N3CCN(C(=O)CN4CCNCC4)CC3)cc2)C(=O)N1. The van der Waals surface area contributed by atoms with E-state index in [2.05, 4.69) is 20.4 Å². The van der Waals surface area contributed by atoms with Gasteiger partial charge in [0, 0.05) is 64.5 Å². The highest BCUT2D eigenvalue weighted by Crippen LogP contribution is 2.27. The van der Waals surface area contributed by atoms with E-state index in [0.717, 1.165) is 63.6 Å². The molecule has 4 rings (SSSR count). The molecule has 2 N–H and O–H groups in total. The molecular weight excluding hydrogens is 370 g/mol. The van der Waals surface area contributed by atoms with Crippen molar-refractivity contribution in [3.63, 3.8) is 0 Å². The molecule has 3 fully saturated rings. The molecule has 29 heavy (non-hydrogen) atoms. The zero-order valence-corrected chi connectivity index (χ0v) is 16.7. The number of hydrogen-bond donors (Lipinski definition) is 2. The van der Waals surface area contributed by atoms with Crippen LogP contribution < -0.4 is 15.5 Å². The number of piperazine rings is 2. The number of anilines is 1. The van der Waals surface area contributed by atoms with Crippen LogP contribution in [0.2, 0.25) is 0 Å². The van der Waals surface area contributed by atoms with Crippen LogP contribution in [0.4, 0.5) is 5.69 Å². The van der Waals surface area contributed by atoms with Crippen LogP contribution in [0.3, 0.4) is 0 Å². The zero-order chi connectivity index (χ0) is 20.2. The predicted molar refractivity (Wildman–Crippen MR) is 110 cm³/mol. The fourth-order valence-corrected chi connectivity index (χ4v) is 4.30. The van der Waals surface area contributed by atoms with Gasteiger partial charge >= 0.3 is 0 Å². The minimum atomic E-state index is -0.249. The molecule has 3 amide bonds. The summed E-state index contributed by atoms with van der Waals surface area (Å²) >= 11 is 0. The summed E-state index contributed by atoms with van der Waals surface area (Å²) in [6.07, 6.45) is 0.958. The highest BCUT2D eigenvalue weighted by atomic mass is 16.2. The van der Waals surface area contributed by atoms with Crippen molar-refractivity contribution in [2.45, 2.75) is 18.8 Å². The number of benzene rings is 1. The molecule has 8 heteroatoms. The summed E-state index contributed by atoms with van der Waals surface area (Å²) in [5.41, 5.74) is 2.05. The van der Waals surface area contributed by atoms with Crippen molar-refractivity contribution in [1.29, 1.82) is 0 Å². The first kappa shape index (κ1) is 19.8. The maximum absolute atomic E-state index is 12.6. The lowest BCUT2D eigenvalue weighted by molar-refractivity contribution is -0.134. The molecule has 3 aliphatic heterocycles. The molecule has 0 spiro atoms. The van der Waals surface area contributed by atoms with Crippen molar-refractivity contribution in [3.05, 3.63) is 29.8 Å². The summed E-state index contributed by atoms with van der Waals surface area (Å²) in [5, 5.41) is 5.73. The topological polar surface area (TPSA) is 85.0 Å². The van der Waals surface area contributed by atoms with Crippen LogP contribution in [0, 0.1) is 0 Å². The van der Waals surface area contributed by atoms with Crippen molar-refractivity contribution in [2.24, 2.45) is 0 Å². The van der Waals surface area contributed by atoms with E-state index in [1.54, 1.807) is 0 Å². The summed E-state index contributed by atoms with van der Waals surface area (Å²) in [6.45, 7) is 7.39. The zero-order valence-electron chi connectivity index (χ0n) is 16.7. The lowest BCUT2D eigenvalue weighted by Crippen LogP contribution is -2.53. The van der Waals surface area contributed by atoms with E-state index < -0.39 is 0 Å². The third kappa shape index (κ3) is 4.76. The molecule has 1 atom stereocenters. The Morgan fingerprint density at radius 2 is 1.66 bits per heavy atom. The summed E-state index contributed by atoms with van der Waals surface area (Å²) < 4.78 is 0. The molecule has 1 unspecified atom stereocenters.